The molecule has 0 aliphatic rings. The second-order valence-corrected chi connectivity index (χ2v) is 4.52. The van der Waals surface area contributed by atoms with Gasteiger partial charge in [-0.15, -0.1) is 11.3 Å². The number of thiazole rings is 1. The molecule has 0 atom stereocenters. The van der Waals surface area contributed by atoms with E-state index in [0.717, 1.165) is 10.7 Å². The van der Waals surface area contributed by atoms with E-state index in [0.29, 0.717) is 6.54 Å². The van der Waals surface area contributed by atoms with Gasteiger partial charge in [0.25, 0.3) is 5.88 Å². The maximum Gasteiger partial charge on any atom is 0.372 e. The van der Waals surface area contributed by atoms with E-state index in [9.17, 15) is 10.1 Å². The summed E-state index contributed by atoms with van der Waals surface area (Å²) in [5.74, 6) is 0.0440. The fourth-order valence-electron chi connectivity index (χ4n) is 1.45. The number of anilines is 1. The van der Waals surface area contributed by atoms with Gasteiger partial charge in [-0.05, 0) is 6.92 Å². The third-order valence-corrected chi connectivity index (χ3v) is 3.20. The average Bonchev–Trinajstić information content (AvgIpc) is 2.81. The summed E-state index contributed by atoms with van der Waals surface area (Å²) >= 11 is 1.47. The number of aryl methyl sites for hydroxylation is 1. The molecule has 0 radical (unpaired) electrons. The molecule has 9 heteroatoms. The molecular weight excluding hydrogens is 270 g/mol. The molecule has 0 saturated heterocycles. The molecule has 0 bridgehead atoms. The molecule has 0 aliphatic carbocycles. The predicted molar refractivity (Wildman–Crippen MR) is 69.4 cm³/mol. The summed E-state index contributed by atoms with van der Waals surface area (Å²) in [7, 11) is 1.32. The number of nitrogens with one attached hydrogen (secondary N) is 1. The van der Waals surface area contributed by atoms with Crippen molar-refractivity contribution in [2.45, 2.75) is 13.5 Å². The summed E-state index contributed by atoms with van der Waals surface area (Å²) < 4.78 is 4.86. The Balaban J connectivity index is 2.22. The summed E-state index contributed by atoms with van der Waals surface area (Å²) in [5.41, 5.74) is 0.634. The van der Waals surface area contributed by atoms with Gasteiger partial charge in [-0.1, -0.05) is 0 Å². The molecule has 0 fully saturated rings. The molecule has 2 heterocycles. The first-order valence-corrected chi connectivity index (χ1v) is 6.18. The van der Waals surface area contributed by atoms with Crippen LogP contribution in [0.3, 0.4) is 0 Å². The molecule has 2 aromatic rings. The largest absolute Gasteiger partial charge is 0.476 e. The Kier molecular flexibility index (Phi) is 3.85. The number of nitrogens with zero attached hydrogens (tertiary/aromatic N) is 4. The third-order valence-electron chi connectivity index (χ3n) is 2.24. The van der Waals surface area contributed by atoms with Crippen molar-refractivity contribution in [1.82, 2.24) is 15.0 Å². The van der Waals surface area contributed by atoms with Gasteiger partial charge in [0.1, 0.15) is 11.3 Å². The zero-order valence-electron chi connectivity index (χ0n) is 10.3. The second kappa shape index (κ2) is 5.57. The Hall–Kier alpha value is -2.29. The second-order valence-electron chi connectivity index (χ2n) is 3.57. The molecule has 2 aromatic heterocycles. The van der Waals surface area contributed by atoms with Crippen LogP contribution in [-0.4, -0.2) is 27.0 Å². The predicted octanol–water partition coefficient (Wildman–Crippen LogP) is 1.77. The van der Waals surface area contributed by atoms with E-state index in [1.165, 1.54) is 24.8 Å². The molecular formula is C10H11N5O3S. The number of nitro groups is 1. The summed E-state index contributed by atoms with van der Waals surface area (Å²) in [6, 6.07) is 0. The van der Waals surface area contributed by atoms with Crippen molar-refractivity contribution in [3.63, 3.8) is 0 Å². The van der Waals surface area contributed by atoms with Gasteiger partial charge in [-0.3, -0.25) is 10.1 Å². The molecule has 1 N–H and O–H groups in total. The van der Waals surface area contributed by atoms with Gasteiger partial charge >= 0.3 is 5.69 Å². The van der Waals surface area contributed by atoms with E-state index in [1.54, 1.807) is 0 Å². The van der Waals surface area contributed by atoms with Gasteiger partial charge < -0.3 is 10.1 Å². The lowest BCUT2D eigenvalue weighted by Crippen LogP contribution is -2.07. The molecule has 0 aliphatic heterocycles. The lowest BCUT2D eigenvalue weighted by atomic mass is 10.4. The van der Waals surface area contributed by atoms with Gasteiger partial charge in [0.15, 0.2) is 0 Å². The van der Waals surface area contributed by atoms with Crippen molar-refractivity contribution < 1.29 is 9.66 Å². The number of ether oxygens (including phenoxy) is 1. The van der Waals surface area contributed by atoms with E-state index in [4.69, 9.17) is 4.74 Å². The highest BCUT2D eigenvalue weighted by Crippen LogP contribution is 2.30. The van der Waals surface area contributed by atoms with Gasteiger partial charge in [0.05, 0.1) is 18.6 Å². The quantitative estimate of drug-likeness (QED) is 0.658. The summed E-state index contributed by atoms with van der Waals surface area (Å²) in [6.45, 7) is 2.25. The highest BCUT2D eigenvalue weighted by atomic mass is 32.1. The average molecular weight is 281 g/mol. The Labute approximate surface area is 112 Å². The third kappa shape index (κ3) is 2.94. The van der Waals surface area contributed by atoms with Crippen LogP contribution in [0.2, 0.25) is 0 Å². The number of rotatable bonds is 5. The summed E-state index contributed by atoms with van der Waals surface area (Å²) in [4.78, 5) is 22.3. The van der Waals surface area contributed by atoms with Gasteiger partial charge in [0.2, 0.25) is 5.82 Å². The molecule has 0 amide bonds. The minimum atomic E-state index is -0.575. The molecule has 0 unspecified atom stereocenters. The molecule has 19 heavy (non-hydrogen) atoms. The maximum atomic E-state index is 11.0. The Morgan fingerprint density at radius 1 is 1.53 bits per heavy atom. The standard InChI is InChI=1S/C10H11N5O3S/c1-6-4-19-7(14-6)3-11-9-8(15(16)17)10(18-2)13-5-12-9/h4-5H,3H2,1-2H3,(H,11,12,13). The van der Waals surface area contributed by atoms with Crippen molar-refractivity contribution >= 4 is 22.8 Å². The first kappa shape index (κ1) is 13.1. The fraction of sp³-hybridized carbons (Fsp3) is 0.300. The molecule has 0 saturated carbocycles. The SMILES string of the molecule is COc1ncnc(NCc2nc(C)cs2)c1[N+](=O)[O-]. The van der Waals surface area contributed by atoms with E-state index in [-0.39, 0.29) is 17.4 Å². The van der Waals surface area contributed by atoms with Crippen molar-refractivity contribution in [1.29, 1.82) is 0 Å². The fourth-order valence-corrected chi connectivity index (χ4v) is 2.16. The minimum absolute atomic E-state index is 0.0715. The zero-order valence-corrected chi connectivity index (χ0v) is 11.1. The number of hydrogen-bond donors (Lipinski definition) is 1. The Morgan fingerprint density at radius 3 is 2.89 bits per heavy atom. The van der Waals surface area contributed by atoms with Crippen LogP contribution in [0.5, 0.6) is 5.88 Å². The van der Waals surface area contributed by atoms with Crippen LogP contribution in [-0.2, 0) is 6.54 Å². The van der Waals surface area contributed by atoms with Crippen LogP contribution >= 0.6 is 11.3 Å². The van der Waals surface area contributed by atoms with Crippen LogP contribution in [0.15, 0.2) is 11.7 Å². The summed E-state index contributed by atoms with van der Waals surface area (Å²) in [5, 5.41) is 16.6. The minimum Gasteiger partial charge on any atom is -0.476 e. The van der Waals surface area contributed by atoms with E-state index in [1.807, 2.05) is 12.3 Å². The molecule has 8 nitrogen and oxygen atoms in total. The first-order chi connectivity index (χ1) is 9.11. The Bertz CT molecular complexity index is 601. The van der Waals surface area contributed by atoms with Crippen LogP contribution in [0.4, 0.5) is 11.5 Å². The number of hydrogen-bond acceptors (Lipinski definition) is 8. The highest BCUT2D eigenvalue weighted by Gasteiger charge is 2.23. The topological polar surface area (TPSA) is 103 Å². The van der Waals surface area contributed by atoms with Gasteiger partial charge in [-0.2, -0.15) is 4.98 Å². The smallest absolute Gasteiger partial charge is 0.372 e. The van der Waals surface area contributed by atoms with Crippen LogP contribution in [0.25, 0.3) is 0 Å². The zero-order chi connectivity index (χ0) is 13.8. The van der Waals surface area contributed by atoms with Crippen LogP contribution in [0, 0.1) is 17.0 Å². The molecule has 0 aromatic carbocycles. The highest BCUT2D eigenvalue weighted by molar-refractivity contribution is 7.09. The number of methoxy groups -OCH3 is 1. The van der Waals surface area contributed by atoms with E-state index in [2.05, 4.69) is 20.3 Å². The number of aromatic nitrogens is 3. The van der Waals surface area contributed by atoms with Crippen molar-refractivity contribution in [2.75, 3.05) is 12.4 Å². The van der Waals surface area contributed by atoms with Crippen molar-refractivity contribution in [2.24, 2.45) is 0 Å². The van der Waals surface area contributed by atoms with Crippen LogP contribution in [0.1, 0.15) is 10.7 Å². The first-order valence-electron chi connectivity index (χ1n) is 5.30. The molecule has 100 valence electrons. The van der Waals surface area contributed by atoms with Crippen molar-refractivity contribution in [3.05, 3.63) is 32.5 Å². The van der Waals surface area contributed by atoms with E-state index >= 15 is 0 Å². The molecule has 0 spiro atoms. The maximum absolute atomic E-state index is 11.0. The van der Waals surface area contributed by atoms with Gasteiger partial charge in [0, 0.05) is 11.1 Å². The lowest BCUT2D eigenvalue weighted by Gasteiger charge is -2.06. The van der Waals surface area contributed by atoms with Crippen molar-refractivity contribution in [3.8, 4) is 5.88 Å². The Morgan fingerprint density at radius 2 is 2.32 bits per heavy atom. The normalized spacial score (nSPS) is 10.2. The van der Waals surface area contributed by atoms with Crippen LogP contribution < -0.4 is 10.1 Å². The monoisotopic (exact) mass is 281 g/mol. The van der Waals surface area contributed by atoms with Gasteiger partial charge in [-0.25, -0.2) is 9.97 Å². The molecule has 2 rings (SSSR count). The lowest BCUT2D eigenvalue weighted by molar-refractivity contribution is -0.385. The van der Waals surface area contributed by atoms with E-state index < -0.39 is 4.92 Å². The summed E-state index contributed by atoms with van der Waals surface area (Å²) in [6.07, 6.45) is 1.21.